The Kier molecular flexibility index (Phi) is 5.04. The van der Waals surface area contributed by atoms with Crippen molar-refractivity contribution in [2.45, 2.75) is 32.6 Å². The van der Waals surface area contributed by atoms with Crippen LogP contribution in [-0.4, -0.2) is 32.7 Å². The summed E-state index contributed by atoms with van der Waals surface area (Å²) in [4.78, 5) is 43.4. The molecule has 6 N–H and O–H groups in total. The highest BCUT2D eigenvalue weighted by Crippen LogP contribution is 2.52. The van der Waals surface area contributed by atoms with Crippen LogP contribution >= 0.6 is 0 Å². The molecule has 8 nitrogen and oxygen atoms in total. The number of nitrogens with two attached hydrogens (primary N) is 2. The number of carbonyl (C=O) groups is 3. The highest BCUT2D eigenvalue weighted by Gasteiger charge is 2.49. The number of hydrogen-bond donors (Lipinski definition) is 4. The number of ketones is 2. The summed E-state index contributed by atoms with van der Waals surface area (Å²) in [6.45, 7) is 1.86. The first-order valence-electron chi connectivity index (χ1n) is 11.3. The van der Waals surface area contributed by atoms with Gasteiger partial charge in [0.15, 0.2) is 11.6 Å². The topological polar surface area (TPSA) is 157 Å². The fourth-order valence-electron chi connectivity index (χ4n) is 6.07. The number of rotatable bonds is 3. The number of aromatic hydroxyl groups is 1. The lowest BCUT2D eigenvalue weighted by molar-refractivity contribution is -0.125. The first-order valence-corrected chi connectivity index (χ1v) is 11.3. The Labute approximate surface area is 196 Å². The minimum absolute atomic E-state index is 0.0798. The molecule has 0 saturated carbocycles. The Hall–Kier alpha value is -3.94. The normalized spacial score (nSPS) is 24.0. The summed E-state index contributed by atoms with van der Waals surface area (Å²) in [5.74, 6) is -3.53. The third kappa shape index (κ3) is 3.05. The van der Waals surface area contributed by atoms with Crippen LogP contribution in [0.4, 0.5) is 5.69 Å². The van der Waals surface area contributed by atoms with Gasteiger partial charge in [0.1, 0.15) is 17.1 Å². The minimum atomic E-state index is -0.964. The van der Waals surface area contributed by atoms with E-state index >= 15 is 0 Å². The zero-order valence-corrected chi connectivity index (χ0v) is 18.7. The van der Waals surface area contributed by atoms with Gasteiger partial charge in [-0.3, -0.25) is 19.4 Å². The van der Waals surface area contributed by atoms with Gasteiger partial charge in [0.25, 0.3) is 5.91 Å². The number of phenols is 1. The molecule has 0 radical (unpaired) electrons. The lowest BCUT2D eigenvalue weighted by Gasteiger charge is -2.43. The van der Waals surface area contributed by atoms with E-state index in [9.17, 15) is 24.6 Å². The maximum atomic E-state index is 13.9. The van der Waals surface area contributed by atoms with E-state index < -0.39 is 17.6 Å². The molecule has 3 aliphatic carbocycles. The van der Waals surface area contributed by atoms with Crippen LogP contribution in [0, 0.1) is 17.8 Å². The summed E-state index contributed by atoms with van der Waals surface area (Å²) >= 11 is 0. The first-order chi connectivity index (χ1) is 16.2. The second-order valence-corrected chi connectivity index (χ2v) is 9.18. The number of hydrogen-bond acceptors (Lipinski definition) is 7. The average molecular weight is 460 g/mol. The molecule has 1 aromatic heterocycles. The lowest BCUT2D eigenvalue weighted by atomic mass is 9.59. The monoisotopic (exact) mass is 459 g/mol. The maximum absolute atomic E-state index is 13.9. The molecule has 3 aliphatic rings. The quantitative estimate of drug-likeness (QED) is 0.312. The number of aliphatic hydroxyl groups is 1. The van der Waals surface area contributed by atoms with E-state index in [0.29, 0.717) is 47.2 Å². The smallest absolute Gasteiger partial charge is 0.255 e. The van der Waals surface area contributed by atoms with Gasteiger partial charge in [-0.05, 0) is 54.9 Å². The second kappa shape index (κ2) is 7.83. The summed E-state index contributed by atoms with van der Waals surface area (Å²) in [6.07, 6.45) is 3.18. The van der Waals surface area contributed by atoms with Gasteiger partial charge >= 0.3 is 0 Å². The Morgan fingerprint density at radius 2 is 1.97 bits per heavy atom. The van der Waals surface area contributed by atoms with Crippen LogP contribution in [0.3, 0.4) is 0 Å². The largest absolute Gasteiger partial charge is 0.511 e. The van der Waals surface area contributed by atoms with E-state index in [-0.39, 0.29) is 52.4 Å². The van der Waals surface area contributed by atoms with Crippen LogP contribution in [0.25, 0.3) is 11.3 Å². The number of allylic oxidation sites excluding steroid dienone is 3. The number of aromatic nitrogens is 1. The summed E-state index contributed by atoms with van der Waals surface area (Å²) < 4.78 is 0. The van der Waals surface area contributed by atoms with Crippen molar-refractivity contribution in [1.29, 1.82) is 0 Å². The molecule has 1 aromatic carbocycles. The Morgan fingerprint density at radius 1 is 1.21 bits per heavy atom. The van der Waals surface area contributed by atoms with Crippen LogP contribution in [0.2, 0.25) is 0 Å². The number of pyridine rings is 1. The van der Waals surface area contributed by atoms with E-state index in [4.69, 9.17) is 11.5 Å². The van der Waals surface area contributed by atoms with E-state index in [1.807, 2.05) is 19.1 Å². The molecule has 2 aromatic rings. The molecule has 8 heteroatoms. The number of nitrogen functional groups attached to an aromatic ring is 1. The maximum Gasteiger partial charge on any atom is 0.255 e. The number of carbonyl (C=O) groups excluding carboxylic acids is 3. The van der Waals surface area contributed by atoms with Gasteiger partial charge in [-0.1, -0.05) is 18.6 Å². The number of amides is 1. The number of Topliss-reactive ketones (excluding diaryl/α,β-unsaturated/α-hetero) is 2. The van der Waals surface area contributed by atoms with Crippen molar-refractivity contribution in [3.05, 3.63) is 64.1 Å². The minimum Gasteiger partial charge on any atom is -0.511 e. The van der Waals surface area contributed by atoms with Crippen LogP contribution < -0.4 is 11.5 Å². The number of aliphatic hydroxyl groups excluding tert-OH is 1. The zero-order valence-electron chi connectivity index (χ0n) is 18.7. The average Bonchev–Trinajstić information content (AvgIpc) is 2.80. The van der Waals surface area contributed by atoms with E-state index in [1.54, 1.807) is 18.3 Å². The fraction of sp³-hybridized carbons (Fsp3) is 0.308. The van der Waals surface area contributed by atoms with Crippen molar-refractivity contribution >= 4 is 23.2 Å². The number of phenolic OH excluding ortho intramolecular Hbond substituents is 1. The predicted octanol–water partition coefficient (Wildman–Crippen LogP) is 3.00. The molecule has 0 bridgehead atoms. The first kappa shape index (κ1) is 21.9. The van der Waals surface area contributed by atoms with Gasteiger partial charge in [-0.25, -0.2) is 0 Å². The molecule has 3 atom stereocenters. The molecular formula is C26H25N3O5. The molecule has 0 fully saturated rings. The van der Waals surface area contributed by atoms with Gasteiger partial charge in [-0.15, -0.1) is 0 Å². The van der Waals surface area contributed by atoms with Crippen molar-refractivity contribution in [1.82, 2.24) is 4.98 Å². The van der Waals surface area contributed by atoms with Gasteiger partial charge in [0, 0.05) is 29.7 Å². The van der Waals surface area contributed by atoms with Crippen molar-refractivity contribution in [2.24, 2.45) is 23.5 Å². The van der Waals surface area contributed by atoms with Crippen LogP contribution in [0.1, 0.15) is 42.1 Å². The summed E-state index contributed by atoms with van der Waals surface area (Å²) in [5, 5.41) is 21.2. The van der Waals surface area contributed by atoms with E-state index in [0.717, 1.165) is 0 Å². The highest BCUT2D eigenvalue weighted by molar-refractivity contribution is 6.22. The van der Waals surface area contributed by atoms with Crippen molar-refractivity contribution in [3.63, 3.8) is 0 Å². The molecule has 0 saturated heterocycles. The van der Waals surface area contributed by atoms with Crippen molar-refractivity contribution in [2.75, 3.05) is 5.73 Å². The van der Waals surface area contributed by atoms with Crippen molar-refractivity contribution in [3.8, 4) is 17.0 Å². The number of fused-ring (bicyclic) bond motifs is 3. The SMILES string of the molecule is CCC1=C2C(=O)c3c(O)c(N)cc(-c4ccccn4)c3CC2CC2CC(O)=C(C(N)=O)C(=O)C12. The molecule has 1 heterocycles. The number of primary amides is 1. The molecule has 174 valence electrons. The fourth-order valence-corrected chi connectivity index (χ4v) is 6.07. The Bertz CT molecular complexity index is 1330. The van der Waals surface area contributed by atoms with Crippen molar-refractivity contribution < 1.29 is 24.6 Å². The summed E-state index contributed by atoms with van der Waals surface area (Å²) in [6, 6.07) is 7.10. The van der Waals surface area contributed by atoms with Gasteiger partial charge in [-0.2, -0.15) is 0 Å². The molecule has 5 rings (SSSR count). The number of benzene rings is 1. The predicted molar refractivity (Wildman–Crippen MR) is 125 cm³/mol. The number of nitrogens with zero attached hydrogens (tertiary/aromatic N) is 1. The Morgan fingerprint density at radius 3 is 2.62 bits per heavy atom. The van der Waals surface area contributed by atoms with Crippen LogP contribution in [0.5, 0.6) is 5.75 Å². The summed E-state index contributed by atoms with van der Waals surface area (Å²) in [7, 11) is 0. The molecule has 3 unspecified atom stereocenters. The zero-order chi connectivity index (χ0) is 24.3. The van der Waals surface area contributed by atoms with Gasteiger partial charge in [0.05, 0.1) is 16.9 Å². The van der Waals surface area contributed by atoms with Crippen LogP contribution in [0.15, 0.2) is 52.9 Å². The van der Waals surface area contributed by atoms with E-state index in [1.165, 1.54) is 0 Å². The molecule has 0 aliphatic heterocycles. The van der Waals surface area contributed by atoms with E-state index in [2.05, 4.69) is 4.98 Å². The molecular weight excluding hydrogens is 434 g/mol. The summed E-state index contributed by atoms with van der Waals surface area (Å²) in [5.41, 5.74) is 14.5. The molecule has 0 spiro atoms. The van der Waals surface area contributed by atoms with Gasteiger partial charge < -0.3 is 21.7 Å². The standard InChI is InChI=1S/C26H25N3O5/c1-2-13-19-11(7-12-9-18(30)22(26(28)34)25(33)20(12)13)8-15-14(17-5-3-4-6-29-17)10-16(27)23(31)21(15)24(19)32/h3-6,10-12,20,30-31H,2,7-9,27H2,1H3,(H2,28,34). The highest BCUT2D eigenvalue weighted by atomic mass is 16.3. The van der Waals surface area contributed by atoms with Crippen LogP contribution in [-0.2, 0) is 16.0 Å². The molecule has 1 amide bonds. The third-order valence-corrected chi connectivity index (χ3v) is 7.39. The third-order valence-electron chi connectivity index (χ3n) is 7.39. The molecule has 34 heavy (non-hydrogen) atoms. The van der Waals surface area contributed by atoms with Gasteiger partial charge in [0.2, 0.25) is 0 Å². The second-order valence-electron chi connectivity index (χ2n) is 9.18. The Balaban J connectivity index is 1.71. The number of anilines is 1. The lowest BCUT2D eigenvalue weighted by Crippen LogP contribution is -2.43.